The summed E-state index contributed by atoms with van der Waals surface area (Å²) in [7, 11) is 0. The Morgan fingerprint density at radius 2 is 0.327 bits per heavy atom. The Morgan fingerprint density at radius 3 is 0.531 bits per heavy atom. The second-order valence-corrected chi connectivity index (χ2v) is 12.2. The SMILES string of the molecule is c1ccc(-c2ccc(-c3ccc(N(c4ccc(-c5ccccc5)cc4)c4ccc(-c5ccc(-c6ccccc6)cc5)cc4)cc3)cc2)cc1. The van der Waals surface area contributed by atoms with E-state index in [-0.39, 0.29) is 0 Å². The summed E-state index contributed by atoms with van der Waals surface area (Å²) in [6.45, 7) is 0. The molecule has 0 aromatic heterocycles. The Morgan fingerprint density at radius 1 is 0.163 bits per heavy atom. The molecule has 0 N–H and O–H groups in total. The zero-order chi connectivity index (χ0) is 32.8. The Bertz CT molecular complexity index is 2110. The van der Waals surface area contributed by atoms with Crippen LogP contribution in [0.1, 0.15) is 0 Å². The summed E-state index contributed by atoms with van der Waals surface area (Å²) in [4.78, 5) is 2.33. The average Bonchev–Trinajstić information content (AvgIpc) is 3.20. The predicted molar refractivity (Wildman–Crippen MR) is 208 cm³/mol. The Kier molecular flexibility index (Phi) is 8.39. The molecule has 232 valence electrons. The van der Waals surface area contributed by atoms with Gasteiger partial charge in [0.1, 0.15) is 0 Å². The molecular formula is C48H35N. The van der Waals surface area contributed by atoms with Crippen molar-refractivity contribution < 1.29 is 0 Å². The molecule has 1 heteroatoms. The lowest BCUT2D eigenvalue weighted by Gasteiger charge is -2.26. The second-order valence-electron chi connectivity index (χ2n) is 12.2. The van der Waals surface area contributed by atoms with E-state index in [4.69, 9.17) is 0 Å². The van der Waals surface area contributed by atoms with Gasteiger partial charge in [-0.1, -0.05) is 176 Å². The van der Waals surface area contributed by atoms with Crippen molar-refractivity contribution in [3.63, 3.8) is 0 Å². The largest absolute Gasteiger partial charge is 0.311 e. The van der Waals surface area contributed by atoms with Gasteiger partial charge in [0.05, 0.1) is 0 Å². The Labute approximate surface area is 289 Å². The van der Waals surface area contributed by atoms with E-state index in [0.29, 0.717) is 0 Å². The molecule has 1 nitrogen and oxygen atoms in total. The maximum atomic E-state index is 2.33. The molecule has 0 aliphatic heterocycles. The number of hydrogen-bond acceptors (Lipinski definition) is 1. The molecule has 0 unspecified atom stereocenters. The molecule has 0 atom stereocenters. The second kappa shape index (κ2) is 13.7. The van der Waals surface area contributed by atoms with Gasteiger partial charge in [-0.15, -0.1) is 0 Å². The van der Waals surface area contributed by atoms with E-state index in [2.05, 4.69) is 217 Å². The zero-order valence-corrected chi connectivity index (χ0v) is 27.2. The molecule has 8 aromatic rings. The first-order valence-corrected chi connectivity index (χ1v) is 16.8. The number of nitrogens with zero attached hydrogens (tertiary/aromatic N) is 1. The van der Waals surface area contributed by atoms with Crippen molar-refractivity contribution in [2.24, 2.45) is 0 Å². The Hall–Kier alpha value is -6.44. The van der Waals surface area contributed by atoms with Gasteiger partial charge >= 0.3 is 0 Å². The van der Waals surface area contributed by atoms with E-state index in [0.717, 1.165) is 17.1 Å². The first-order valence-electron chi connectivity index (χ1n) is 16.8. The molecule has 0 amide bonds. The summed E-state index contributed by atoms with van der Waals surface area (Å²) in [5, 5.41) is 0. The normalized spacial score (nSPS) is 10.9. The number of rotatable bonds is 8. The standard InChI is InChI=1S/C48H35N/c1-4-10-36(11-5-1)39-16-20-41(21-17-39)44-26-32-47(33-27-44)49(46-30-24-43(25-31-46)38-14-8-3-9-15-38)48-34-28-45(29-35-48)42-22-18-40(19-23-42)37-12-6-2-7-13-37/h1-35H. The molecule has 0 aliphatic rings. The lowest BCUT2D eigenvalue weighted by molar-refractivity contribution is 1.28. The molecule has 0 spiro atoms. The van der Waals surface area contributed by atoms with Crippen LogP contribution in [0, 0.1) is 0 Å². The number of anilines is 3. The average molecular weight is 626 g/mol. The quantitative estimate of drug-likeness (QED) is 0.162. The number of hydrogen-bond donors (Lipinski definition) is 0. The minimum absolute atomic E-state index is 1.11. The van der Waals surface area contributed by atoms with Crippen LogP contribution in [0.5, 0.6) is 0 Å². The monoisotopic (exact) mass is 625 g/mol. The van der Waals surface area contributed by atoms with Crippen LogP contribution in [0.2, 0.25) is 0 Å². The molecule has 0 bridgehead atoms. The third-order valence-electron chi connectivity index (χ3n) is 9.13. The fourth-order valence-electron chi connectivity index (χ4n) is 6.46. The first kappa shape index (κ1) is 29.9. The van der Waals surface area contributed by atoms with Gasteiger partial charge in [0.25, 0.3) is 0 Å². The summed E-state index contributed by atoms with van der Waals surface area (Å²) < 4.78 is 0. The number of benzene rings is 8. The van der Waals surface area contributed by atoms with Crippen molar-refractivity contribution in [2.45, 2.75) is 0 Å². The van der Waals surface area contributed by atoms with Crippen molar-refractivity contribution >= 4 is 17.1 Å². The third kappa shape index (κ3) is 6.56. The summed E-state index contributed by atoms with van der Waals surface area (Å²) in [6.07, 6.45) is 0. The van der Waals surface area contributed by atoms with E-state index < -0.39 is 0 Å². The van der Waals surface area contributed by atoms with Crippen LogP contribution >= 0.6 is 0 Å². The third-order valence-corrected chi connectivity index (χ3v) is 9.13. The van der Waals surface area contributed by atoms with Crippen molar-refractivity contribution in [2.75, 3.05) is 4.90 Å². The van der Waals surface area contributed by atoms with Gasteiger partial charge in [0, 0.05) is 17.1 Å². The lowest BCUT2D eigenvalue weighted by Crippen LogP contribution is -2.09. The summed E-state index contributed by atoms with van der Waals surface area (Å²) in [6, 6.07) is 75.9. The molecule has 0 aliphatic carbocycles. The van der Waals surface area contributed by atoms with Gasteiger partial charge in [-0.05, 0) is 92.0 Å². The highest BCUT2D eigenvalue weighted by atomic mass is 15.1. The topological polar surface area (TPSA) is 3.24 Å². The molecule has 0 saturated heterocycles. The molecular weight excluding hydrogens is 591 g/mol. The summed E-state index contributed by atoms with van der Waals surface area (Å²) in [5.41, 5.74) is 15.4. The van der Waals surface area contributed by atoms with Gasteiger partial charge in [0.15, 0.2) is 0 Å². The highest BCUT2D eigenvalue weighted by Crippen LogP contribution is 2.38. The molecule has 0 radical (unpaired) electrons. The minimum Gasteiger partial charge on any atom is -0.311 e. The van der Waals surface area contributed by atoms with E-state index in [1.54, 1.807) is 0 Å². The first-order chi connectivity index (χ1) is 24.3. The van der Waals surface area contributed by atoms with Crippen molar-refractivity contribution in [3.8, 4) is 55.6 Å². The van der Waals surface area contributed by atoms with Gasteiger partial charge in [-0.2, -0.15) is 0 Å². The van der Waals surface area contributed by atoms with Crippen LogP contribution in [0.15, 0.2) is 212 Å². The van der Waals surface area contributed by atoms with E-state index in [1.165, 1.54) is 55.6 Å². The minimum atomic E-state index is 1.11. The lowest BCUT2D eigenvalue weighted by atomic mass is 9.99. The smallest absolute Gasteiger partial charge is 0.0462 e. The van der Waals surface area contributed by atoms with Crippen molar-refractivity contribution in [1.29, 1.82) is 0 Å². The van der Waals surface area contributed by atoms with Crippen LogP contribution in [0.4, 0.5) is 17.1 Å². The Balaban J connectivity index is 1.10. The van der Waals surface area contributed by atoms with Crippen LogP contribution in [-0.2, 0) is 0 Å². The maximum Gasteiger partial charge on any atom is 0.0462 e. The highest BCUT2D eigenvalue weighted by molar-refractivity contribution is 5.81. The predicted octanol–water partition coefficient (Wildman–Crippen LogP) is 13.5. The molecule has 8 rings (SSSR count). The maximum absolute atomic E-state index is 2.33. The molecule has 49 heavy (non-hydrogen) atoms. The van der Waals surface area contributed by atoms with Crippen molar-refractivity contribution in [3.05, 3.63) is 212 Å². The molecule has 0 saturated carbocycles. The van der Waals surface area contributed by atoms with Gasteiger partial charge in [-0.3, -0.25) is 0 Å². The zero-order valence-electron chi connectivity index (χ0n) is 27.2. The van der Waals surface area contributed by atoms with Crippen LogP contribution in [-0.4, -0.2) is 0 Å². The van der Waals surface area contributed by atoms with Gasteiger partial charge < -0.3 is 4.90 Å². The summed E-state index contributed by atoms with van der Waals surface area (Å²) in [5.74, 6) is 0. The van der Waals surface area contributed by atoms with E-state index >= 15 is 0 Å². The van der Waals surface area contributed by atoms with Crippen molar-refractivity contribution in [1.82, 2.24) is 0 Å². The van der Waals surface area contributed by atoms with Crippen LogP contribution in [0.25, 0.3) is 55.6 Å². The van der Waals surface area contributed by atoms with Crippen LogP contribution < -0.4 is 4.90 Å². The van der Waals surface area contributed by atoms with E-state index in [9.17, 15) is 0 Å². The van der Waals surface area contributed by atoms with Gasteiger partial charge in [0.2, 0.25) is 0 Å². The highest BCUT2D eigenvalue weighted by Gasteiger charge is 2.14. The fourth-order valence-corrected chi connectivity index (χ4v) is 6.46. The molecule has 8 aromatic carbocycles. The van der Waals surface area contributed by atoms with Crippen LogP contribution in [0.3, 0.4) is 0 Å². The van der Waals surface area contributed by atoms with E-state index in [1.807, 2.05) is 0 Å². The van der Waals surface area contributed by atoms with Gasteiger partial charge in [-0.25, -0.2) is 0 Å². The fraction of sp³-hybridized carbons (Fsp3) is 0. The molecule has 0 heterocycles. The molecule has 0 fully saturated rings. The summed E-state index contributed by atoms with van der Waals surface area (Å²) >= 11 is 0.